The van der Waals surface area contributed by atoms with Crippen molar-refractivity contribution < 1.29 is 9.90 Å². The fourth-order valence-corrected chi connectivity index (χ4v) is 0.922. The topological polar surface area (TPSA) is 40.5 Å². The van der Waals surface area contributed by atoms with Gasteiger partial charge in [-0.05, 0) is 33.0 Å². The molecule has 90 valence electrons. The summed E-state index contributed by atoms with van der Waals surface area (Å²) >= 11 is 0. The molecule has 3 nitrogen and oxygen atoms in total. The zero-order valence-corrected chi connectivity index (χ0v) is 10.5. The number of hydrogen-bond acceptors (Lipinski definition) is 2. The van der Waals surface area contributed by atoms with Crippen LogP contribution >= 0.6 is 0 Å². The standard InChI is InChI=1S/C8H19N.C4H6O2/c1-4-7-8-9(5-2)6-3;1-3(2)4(5)6/h4-8H2,1-3H3;1H2,2H3,(H,5,6). The molecule has 0 aromatic heterocycles. The number of unbranched alkanes of at least 4 members (excludes halogenated alkanes) is 1. The second-order valence-corrected chi connectivity index (χ2v) is 3.47. The minimum absolute atomic E-state index is 0.176. The smallest absolute Gasteiger partial charge is 0.330 e. The van der Waals surface area contributed by atoms with E-state index < -0.39 is 5.97 Å². The highest BCUT2D eigenvalue weighted by Crippen LogP contribution is 1.92. The lowest BCUT2D eigenvalue weighted by atomic mass is 10.3. The lowest BCUT2D eigenvalue weighted by Gasteiger charge is -2.16. The van der Waals surface area contributed by atoms with Crippen LogP contribution in [0.1, 0.15) is 40.5 Å². The van der Waals surface area contributed by atoms with Crippen molar-refractivity contribution in [3.63, 3.8) is 0 Å². The van der Waals surface area contributed by atoms with Gasteiger partial charge < -0.3 is 10.0 Å². The van der Waals surface area contributed by atoms with E-state index in [0.717, 1.165) is 0 Å². The van der Waals surface area contributed by atoms with Gasteiger partial charge in [0.05, 0.1) is 0 Å². The molecule has 0 fully saturated rings. The van der Waals surface area contributed by atoms with Crippen molar-refractivity contribution in [2.45, 2.75) is 40.5 Å². The third-order valence-corrected chi connectivity index (χ3v) is 2.09. The fourth-order valence-electron chi connectivity index (χ4n) is 0.922. The Hall–Kier alpha value is -0.830. The number of carboxylic acid groups (broad SMARTS) is 1. The van der Waals surface area contributed by atoms with Gasteiger partial charge >= 0.3 is 5.97 Å². The van der Waals surface area contributed by atoms with Crippen LogP contribution in [-0.2, 0) is 4.79 Å². The first kappa shape index (κ1) is 16.6. The van der Waals surface area contributed by atoms with Crippen molar-refractivity contribution >= 4 is 5.97 Å². The van der Waals surface area contributed by atoms with Crippen LogP contribution in [0.25, 0.3) is 0 Å². The Morgan fingerprint density at radius 2 is 1.67 bits per heavy atom. The minimum Gasteiger partial charge on any atom is -0.478 e. The first-order valence-corrected chi connectivity index (χ1v) is 5.60. The molecule has 0 unspecified atom stereocenters. The van der Waals surface area contributed by atoms with E-state index >= 15 is 0 Å². The maximum atomic E-state index is 9.60. The predicted molar refractivity (Wildman–Crippen MR) is 65.1 cm³/mol. The number of carboxylic acids is 1. The van der Waals surface area contributed by atoms with Crippen molar-refractivity contribution in [2.24, 2.45) is 0 Å². The first-order valence-electron chi connectivity index (χ1n) is 5.60. The zero-order chi connectivity index (χ0) is 12.3. The van der Waals surface area contributed by atoms with Crippen LogP contribution < -0.4 is 0 Å². The third-order valence-electron chi connectivity index (χ3n) is 2.09. The summed E-state index contributed by atoms with van der Waals surface area (Å²) in [5.41, 5.74) is 0.176. The summed E-state index contributed by atoms with van der Waals surface area (Å²) in [7, 11) is 0. The van der Waals surface area contributed by atoms with Gasteiger partial charge in [-0.1, -0.05) is 33.8 Å². The van der Waals surface area contributed by atoms with E-state index in [1.54, 1.807) is 0 Å². The molecule has 3 heteroatoms. The van der Waals surface area contributed by atoms with Crippen LogP contribution in [-0.4, -0.2) is 35.6 Å². The summed E-state index contributed by atoms with van der Waals surface area (Å²) in [5, 5.41) is 7.89. The molecule has 0 aromatic carbocycles. The molecule has 0 bridgehead atoms. The van der Waals surface area contributed by atoms with E-state index in [4.69, 9.17) is 5.11 Å². The molecule has 0 heterocycles. The van der Waals surface area contributed by atoms with Gasteiger partial charge in [0.15, 0.2) is 0 Å². The summed E-state index contributed by atoms with van der Waals surface area (Å²) in [6.07, 6.45) is 2.66. The maximum Gasteiger partial charge on any atom is 0.330 e. The molecule has 0 spiro atoms. The van der Waals surface area contributed by atoms with Crippen LogP contribution in [0.2, 0.25) is 0 Å². The number of hydrogen-bond donors (Lipinski definition) is 1. The molecule has 0 saturated heterocycles. The Balaban J connectivity index is 0. The Bertz CT molecular complexity index is 162. The Morgan fingerprint density at radius 1 is 1.27 bits per heavy atom. The lowest BCUT2D eigenvalue weighted by Crippen LogP contribution is -2.23. The number of carbonyl (C=O) groups is 1. The van der Waals surface area contributed by atoms with Crippen molar-refractivity contribution in [3.05, 3.63) is 12.2 Å². The third kappa shape index (κ3) is 13.2. The van der Waals surface area contributed by atoms with Crippen molar-refractivity contribution in [1.29, 1.82) is 0 Å². The molecule has 0 atom stereocenters. The van der Waals surface area contributed by atoms with Crippen LogP contribution in [0.3, 0.4) is 0 Å². The van der Waals surface area contributed by atoms with Gasteiger partial charge in [0, 0.05) is 5.57 Å². The average Bonchev–Trinajstić information content (AvgIpc) is 2.20. The van der Waals surface area contributed by atoms with E-state index in [2.05, 4.69) is 32.3 Å². The van der Waals surface area contributed by atoms with Gasteiger partial charge in [-0.3, -0.25) is 0 Å². The largest absolute Gasteiger partial charge is 0.478 e. The monoisotopic (exact) mass is 215 g/mol. The Labute approximate surface area is 93.8 Å². The van der Waals surface area contributed by atoms with E-state index in [9.17, 15) is 4.79 Å². The summed E-state index contributed by atoms with van der Waals surface area (Å²) in [6, 6.07) is 0. The van der Waals surface area contributed by atoms with Crippen molar-refractivity contribution in [2.75, 3.05) is 19.6 Å². The summed E-state index contributed by atoms with van der Waals surface area (Å²) in [4.78, 5) is 12.1. The maximum absolute atomic E-state index is 9.60. The highest BCUT2D eigenvalue weighted by atomic mass is 16.4. The molecular formula is C12H25NO2. The molecular weight excluding hydrogens is 190 g/mol. The minimum atomic E-state index is -0.935. The molecule has 15 heavy (non-hydrogen) atoms. The normalized spacial score (nSPS) is 9.40. The van der Waals surface area contributed by atoms with Gasteiger partial charge in [-0.15, -0.1) is 0 Å². The van der Waals surface area contributed by atoms with Gasteiger partial charge in [-0.25, -0.2) is 4.79 Å². The van der Waals surface area contributed by atoms with Crippen molar-refractivity contribution in [3.8, 4) is 0 Å². The van der Waals surface area contributed by atoms with Gasteiger partial charge in [0.25, 0.3) is 0 Å². The first-order chi connectivity index (χ1) is 6.99. The molecule has 0 aliphatic carbocycles. The Morgan fingerprint density at radius 3 is 1.87 bits per heavy atom. The van der Waals surface area contributed by atoms with Crippen molar-refractivity contribution in [1.82, 2.24) is 4.90 Å². The SMILES string of the molecule is C=C(C)C(=O)O.CCCCN(CC)CC. The van der Waals surface area contributed by atoms with Crippen LogP contribution in [0.15, 0.2) is 12.2 Å². The number of aliphatic carboxylic acids is 1. The molecule has 0 aromatic rings. The number of nitrogens with zero attached hydrogens (tertiary/aromatic N) is 1. The molecule has 0 aliphatic rings. The summed E-state index contributed by atoms with van der Waals surface area (Å²) in [5.74, 6) is -0.935. The average molecular weight is 215 g/mol. The van der Waals surface area contributed by atoms with Gasteiger partial charge in [0.1, 0.15) is 0 Å². The Kier molecular flexibility index (Phi) is 12.4. The molecule has 1 N–H and O–H groups in total. The zero-order valence-electron chi connectivity index (χ0n) is 10.5. The second-order valence-electron chi connectivity index (χ2n) is 3.47. The van der Waals surface area contributed by atoms with E-state index in [0.29, 0.717) is 0 Å². The lowest BCUT2D eigenvalue weighted by molar-refractivity contribution is -0.132. The van der Waals surface area contributed by atoms with Crippen LogP contribution in [0.4, 0.5) is 0 Å². The predicted octanol–water partition coefficient (Wildman–Crippen LogP) is 2.78. The molecule has 0 amide bonds. The second kappa shape index (κ2) is 11.2. The molecule has 0 rings (SSSR count). The summed E-state index contributed by atoms with van der Waals surface area (Å²) < 4.78 is 0. The molecule has 0 saturated carbocycles. The van der Waals surface area contributed by atoms with E-state index in [1.165, 1.54) is 39.4 Å². The van der Waals surface area contributed by atoms with Gasteiger partial charge in [-0.2, -0.15) is 0 Å². The highest BCUT2D eigenvalue weighted by Gasteiger charge is 1.94. The van der Waals surface area contributed by atoms with Gasteiger partial charge in [0.2, 0.25) is 0 Å². The molecule has 0 aliphatic heterocycles. The van der Waals surface area contributed by atoms with Crippen LogP contribution in [0.5, 0.6) is 0 Å². The fraction of sp³-hybridized carbons (Fsp3) is 0.750. The summed E-state index contributed by atoms with van der Waals surface area (Å²) in [6.45, 7) is 15.0. The quantitative estimate of drug-likeness (QED) is 0.693. The highest BCUT2D eigenvalue weighted by molar-refractivity contribution is 5.84. The van der Waals surface area contributed by atoms with E-state index in [-0.39, 0.29) is 5.57 Å². The van der Waals surface area contributed by atoms with E-state index in [1.807, 2.05) is 0 Å². The van der Waals surface area contributed by atoms with Crippen LogP contribution in [0, 0.1) is 0 Å². The number of rotatable bonds is 6. The molecule has 0 radical (unpaired) electrons.